The number of rotatable bonds is 42. The molecule has 0 radical (unpaired) electrons. The van der Waals surface area contributed by atoms with Gasteiger partial charge in [0.1, 0.15) is 41.7 Å². The number of para-hydroxylation sites is 3. The Morgan fingerprint density at radius 3 is 1.85 bits per heavy atom. The largest absolute Gasteiger partial charge is 0.481 e. The first-order chi connectivity index (χ1) is 44.6. The molecule has 0 fully saturated rings. The van der Waals surface area contributed by atoms with E-state index < -0.39 is 41.9 Å². The average Bonchev–Trinajstić information content (AvgIpc) is 1.61. The lowest BCUT2D eigenvalue weighted by atomic mass is 9.81. The summed E-state index contributed by atoms with van der Waals surface area (Å²) in [7, 11) is 0. The minimum absolute atomic E-state index is 0.0254. The van der Waals surface area contributed by atoms with Gasteiger partial charge in [-0.05, 0) is 158 Å². The second-order valence-electron chi connectivity index (χ2n) is 26.2. The molecule has 2 aliphatic heterocycles. The third kappa shape index (κ3) is 22.8. The number of ether oxygens (including phenoxy) is 1. The van der Waals surface area contributed by atoms with Gasteiger partial charge in [-0.3, -0.25) is 19.2 Å². The van der Waals surface area contributed by atoms with Crippen LogP contribution >= 0.6 is 0 Å². The zero-order valence-corrected chi connectivity index (χ0v) is 56.0. The summed E-state index contributed by atoms with van der Waals surface area (Å²) in [6.07, 6.45) is 23.8. The molecule has 1 aliphatic carbocycles. The minimum atomic E-state index is -1.35. The van der Waals surface area contributed by atoms with Crippen LogP contribution in [0.4, 0.5) is 16.2 Å². The number of allylic oxidation sites excluding steroid dienone is 7. The fourth-order valence-corrected chi connectivity index (χ4v) is 12.8. The van der Waals surface area contributed by atoms with E-state index in [0.717, 1.165) is 69.5 Å². The Morgan fingerprint density at radius 2 is 1.20 bits per heavy atom. The first kappa shape index (κ1) is 73.9. The Hall–Kier alpha value is -8.15. The number of hydrogen-bond donors (Lipinski definition) is 7. The molecule has 18 nitrogen and oxygen atoms in total. The van der Waals surface area contributed by atoms with E-state index in [1.54, 1.807) is 0 Å². The smallest absolute Gasteiger partial charge is 0.326 e. The Morgan fingerprint density at radius 1 is 0.602 bits per heavy atom. The van der Waals surface area contributed by atoms with Gasteiger partial charge in [0.25, 0.3) is 0 Å². The van der Waals surface area contributed by atoms with Crippen LogP contribution in [0.1, 0.15) is 213 Å². The molecule has 0 saturated heterocycles. The summed E-state index contributed by atoms with van der Waals surface area (Å²) in [5.41, 5.74) is 9.68. The fourth-order valence-electron chi connectivity index (χ4n) is 12.8. The van der Waals surface area contributed by atoms with Crippen molar-refractivity contribution in [3.05, 3.63) is 137 Å². The van der Waals surface area contributed by atoms with Crippen molar-refractivity contribution >= 4 is 64.4 Å². The van der Waals surface area contributed by atoms with Crippen molar-refractivity contribution in [2.24, 2.45) is 5.92 Å². The SMILES string of the molecule is CCCCC[N+]1=C(C=CC2=C(Oc3ccccc3)C(=CC=C3N(CCCCCC(=O)NCCCCC(CC(=O)CCCCCCC(=O)NCCCC[C@H](NC(=O)N[C@@H](CCC(C)=O)C(=O)O)C(=O)O)C(=O)O)c4ccccc4C3(C)C)CCC2)C(C)(C)c2ccccc21. The lowest BCUT2D eigenvalue weighted by molar-refractivity contribution is -0.438. The topological polar surface area (TPSA) is 261 Å². The van der Waals surface area contributed by atoms with E-state index in [1.165, 1.54) is 64.8 Å². The second-order valence-corrected chi connectivity index (χ2v) is 26.2. The van der Waals surface area contributed by atoms with Gasteiger partial charge in [0, 0.05) is 92.7 Å². The van der Waals surface area contributed by atoms with Crippen LogP contribution in [0.5, 0.6) is 5.75 Å². The number of Topliss-reactive ketones (excluding diaryl/α,β-unsaturated/α-hetero) is 2. The Labute approximate surface area is 550 Å². The molecule has 18 heteroatoms. The maximum Gasteiger partial charge on any atom is 0.326 e. The van der Waals surface area contributed by atoms with Crippen molar-refractivity contribution < 1.29 is 63.0 Å². The number of nitrogens with one attached hydrogen (secondary N) is 4. The summed E-state index contributed by atoms with van der Waals surface area (Å²) < 4.78 is 9.44. The molecule has 0 bridgehead atoms. The molecule has 4 amide bonds. The summed E-state index contributed by atoms with van der Waals surface area (Å²) in [6, 6.07) is 24.0. The van der Waals surface area contributed by atoms with Crippen LogP contribution in [0, 0.1) is 5.92 Å². The number of carboxylic acid groups (broad SMARTS) is 3. The zero-order valence-electron chi connectivity index (χ0n) is 56.0. The molecule has 6 rings (SSSR count). The number of fused-ring (bicyclic) bond motifs is 2. The second kappa shape index (κ2) is 37.5. The van der Waals surface area contributed by atoms with Gasteiger partial charge in [0.15, 0.2) is 5.71 Å². The number of benzene rings is 3. The summed E-state index contributed by atoms with van der Waals surface area (Å²) in [5, 5.41) is 39.0. The van der Waals surface area contributed by atoms with Crippen molar-refractivity contribution in [1.29, 1.82) is 0 Å². The Balaban J connectivity index is 0.897. The number of carboxylic acids is 3. The van der Waals surface area contributed by atoms with Crippen molar-refractivity contribution in [3.8, 4) is 5.75 Å². The molecule has 3 aromatic carbocycles. The van der Waals surface area contributed by atoms with Gasteiger partial charge in [0.2, 0.25) is 17.5 Å². The van der Waals surface area contributed by atoms with Crippen molar-refractivity contribution in [2.45, 2.75) is 225 Å². The van der Waals surface area contributed by atoms with Crippen LogP contribution in [0.3, 0.4) is 0 Å². The number of aliphatic carboxylic acids is 3. The number of nitrogens with zero attached hydrogens (tertiary/aromatic N) is 2. The van der Waals surface area contributed by atoms with Crippen LogP contribution in [0.25, 0.3) is 0 Å². The summed E-state index contributed by atoms with van der Waals surface area (Å²) in [6.45, 7) is 15.4. The van der Waals surface area contributed by atoms with Gasteiger partial charge in [-0.25, -0.2) is 14.4 Å². The lowest BCUT2D eigenvalue weighted by Gasteiger charge is -2.27. The normalized spacial score (nSPS) is 16.6. The number of anilines is 1. The van der Waals surface area contributed by atoms with E-state index in [2.05, 4.69) is 138 Å². The van der Waals surface area contributed by atoms with E-state index in [1.807, 2.05) is 30.3 Å². The predicted molar refractivity (Wildman–Crippen MR) is 364 cm³/mol. The first-order valence-corrected chi connectivity index (χ1v) is 34.1. The maximum atomic E-state index is 13.0. The van der Waals surface area contributed by atoms with Gasteiger partial charge in [-0.1, -0.05) is 114 Å². The molecule has 7 N–H and O–H groups in total. The van der Waals surface area contributed by atoms with E-state index in [4.69, 9.17) is 4.74 Å². The fraction of sp³-hybridized carbons (Fsp3) is 0.533. The van der Waals surface area contributed by atoms with E-state index in [9.17, 15) is 53.7 Å². The van der Waals surface area contributed by atoms with Crippen molar-refractivity contribution in [1.82, 2.24) is 21.3 Å². The quantitative estimate of drug-likeness (QED) is 0.0206. The highest BCUT2D eigenvalue weighted by atomic mass is 16.5. The molecular weight excluding hydrogens is 1180 g/mol. The van der Waals surface area contributed by atoms with E-state index in [-0.39, 0.29) is 72.7 Å². The van der Waals surface area contributed by atoms with Gasteiger partial charge in [-0.15, -0.1) is 0 Å². The number of amides is 4. The lowest BCUT2D eigenvalue weighted by Crippen LogP contribution is -2.51. The standard InChI is InChI=1S/C75H102N6O12/c1-7-8-26-50-80-63-38-20-18-35-59(63)74(3,4)65(80)46-43-54-30-28-31-55(69(54)93-58-33-14-11-15-34-58)44-47-66-75(5,6)60-36-19-21-39-64(60)81(66)51-27-12-17-41-68(85)76-48-24-22-29-56(70(86)87)52-57(83)32-13-9-10-16-40-67(84)77-49-25-23-37-61(71(88)89)78-73(92)79-62(72(90)91)45-42-53(2)82/h11,14-15,18-21,33-36,38-39,43-44,46-47,56,61-62H,7-10,12-13,16-17,22-32,37,40-42,45,48-52H2,1-6H3,(H6-,76,77,78,79,84,85,86,87,88,89,90,91,92)/p+1/t56?,61-,62-/m0/s1. The molecular formula is C75H103N6O12+. The third-order valence-corrected chi connectivity index (χ3v) is 18.2. The molecule has 3 aromatic rings. The van der Waals surface area contributed by atoms with Crippen LogP contribution in [-0.2, 0) is 44.4 Å². The molecule has 2 heterocycles. The van der Waals surface area contributed by atoms with Crippen LogP contribution in [-0.4, -0.2) is 111 Å². The molecule has 0 aromatic heterocycles. The number of urea groups is 1. The first-order valence-electron chi connectivity index (χ1n) is 34.1. The molecule has 3 aliphatic rings. The highest BCUT2D eigenvalue weighted by Gasteiger charge is 2.44. The van der Waals surface area contributed by atoms with E-state index in [0.29, 0.717) is 77.3 Å². The predicted octanol–water partition coefficient (Wildman–Crippen LogP) is 13.6. The summed E-state index contributed by atoms with van der Waals surface area (Å²) >= 11 is 0. The highest BCUT2D eigenvalue weighted by molar-refractivity contribution is 6.03. The maximum absolute atomic E-state index is 13.0. The number of ketones is 2. The number of unbranched alkanes of at least 4 members (excludes halogenated alkanes) is 9. The third-order valence-electron chi connectivity index (χ3n) is 18.2. The number of carbonyl (C=O) groups excluding carboxylic acids is 5. The number of carbonyl (C=O) groups is 8. The molecule has 0 saturated carbocycles. The molecule has 1 unspecified atom stereocenters. The zero-order chi connectivity index (χ0) is 67.3. The molecule has 3 atom stereocenters. The minimum Gasteiger partial charge on any atom is -0.481 e. The van der Waals surface area contributed by atoms with Crippen LogP contribution < -0.4 is 30.9 Å². The Kier molecular flexibility index (Phi) is 29.8. The Bertz CT molecular complexity index is 3210. The van der Waals surface area contributed by atoms with Crippen molar-refractivity contribution in [2.75, 3.05) is 31.1 Å². The van der Waals surface area contributed by atoms with Crippen LogP contribution in [0.2, 0.25) is 0 Å². The van der Waals surface area contributed by atoms with Gasteiger partial charge < -0.3 is 51.0 Å². The van der Waals surface area contributed by atoms with Crippen molar-refractivity contribution in [3.63, 3.8) is 0 Å². The number of hydrogen-bond acceptors (Lipinski definition) is 10. The van der Waals surface area contributed by atoms with E-state index >= 15 is 0 Å². The molecule has 504 valence electrons. The monoisotopic (exact) mass is 1280 g/mol. The van der Waals surface area contributed by atoms with Gasteiger partial charge in [0.05, 0.1) is 11.3 Å². The summed E-state index contributed by atoms with van der Waals surface area (Å²) in [4.78, 5) is 99.4. The molecule has 93 heavy (non-hydrogen) atoms. The van der Waals surface area contributed by atoms with Gasteiger partial charge >= 0.3 is 23.9 Å². The average molecular weight is 1280 g/mol. The highest BCUT2D eigenvalue weighted by Crippen LogP contribution is 2.48. The van der Waals surface area contributed by atoms with Crippen LogP contribution in [0.15, 0.2) is 126 Å². The van der Waals surface area contributed by atoms with Gasteiger partial charge in [-0.2, -0.15) is 4.58 Å². The molecule has 0 spiro atoms. The summed E-state index contributed by atoms with van der Waals surface area (Å²) in [5.74, 6) is -3.24.